The number of nitrogens with zero attached hydrogens (tertiary/aromatic N) is 3. The summed E-state index contributed by atoms with van der Waals surface area (Å²) in [6.07, 6.45) is 0. The van der Waals surface area contributed by atoms with E-state index in [1.807, 2.05) is 0 Å². The number of aryl methyl sites for hydroxylation is 1. The Morgan fingerprint density at radius 3 is 2.75 bits per heavy atom. The van der Waals surface area contributed by atoms with Gasteiger partial charge in [0.05, 0.1) is 13.4 Å². The Labute approximate surface area is 128 Å². The van der Waals surface area contributed by atoms with Crippen molar-refractivity contribution in [3.63, 3.8) is 0 Å². The van der Waals surface area contributed by atoms with Gasteiger partial charge in [0.15, 0.2) is 15.9 Å². The number of benzene rings is 1. The van der Waals surface area contributed by atoms with Crippen LogP contribution in [-0.4, -0.2) is 19.1 Å². The number of fused-ring (bicyclic) bond motifs is 1. The summed E-state index contributed by atoms with van der Waals surface area (Å²) in [5, 5.41) is 0. The zero-order valence-corrected chi connectivity index (χ0v) is 11.8. The van der Waals surface area contributed by atoms with Gasteiger partial charge in [-0.2, -0.15) is 0 Å². The van der Waals surface area contributed by atoms with Crippen molar-refractivity contribution in [3.8, 4) is 0 Å². The lowest BCUT2D eigenvalue weighted by molar-refractivity contribution is 0.791. The Bertz CT molecular complexity index is 1120. The second-order valence-corrected chi connectivity index (χ2v) is 4.77. The highest BCUT2D eigenvalue weighted by Crippen LogP contribution is 2.17. The van der Waals surface area contributed by atoms with Gasteiger partial charge >= 0.3 is 5.69 Å². The minimum Gasteiger partial charge on any atom is -0.308 e. The van der Waals surface area contributed by atoms with Crippen molar-refractivity contribution in [1.29, 1.82) is 0 Å². The van der Waals surface area contributed by atoms with Gasteiger partial charge in [-0.1, -0.05) is 30.2 Å². The van der Waals surface area contributed by atoms with E-state index < -0.39 is 29.4 Å². The van der Waals surface area contributed by atoms with Crippen LogP contribution in [0, 0.1) is 0 Å². The first-order valence-corrected chi connectivity index (χ1v) is 6.35. The van der Waals surface area contributed by atoms with Crippen LogP contribution in [-0.2, 0) is 13.6 Å². The molecule has 1 N–H and O–H groups in total. The monoisotopic (exact) mass is 339 g/mol. The molecule has 0 unspecified atom stereocenters. The molecule has 2 heterocycles. The number of nitrogens with one attached hydrogen (secondary N) is 1. The molecule has 2 aromatic heterocycles. The average Bonchev–Trinajstić information content (AvgIpc) is 2.90. The van der Waals surface area contributed by atoms with Crippen LogP contribution in [0.1, 0.15) is 12.4 Å². The van der Waals surface area contributed by atoms with Crippen LogP contribution in [0.25, 0.3) is 11.2 Å². The first-order chi connectivity index (χ1) is 11.6. The fraction of sp³-hybridized carbons (Fsp3) is 0.154. The number of aromatic nitrogens is 4. The average molecular weight is 340 g/mol. The van der Waals surface area contributed by atoms with E-state index in [0.29, 0.717) is 0 Å². The summed E-state index contributed by atoms with van der Waals surface area (Å²) in [4.78, 5) is 30.1. The molecular formula is C13H11BrN4O2. The molecule has 0 amide bonds. The zero-order chi connectivity index (χ0) is 18.6. The van der Waals surface area contributed by atoms with Crippen molar-refractivity contribution < 1.29 is 6.85 Å². The van der Waals surface area contributed by atoms with Crippen LogP contribution in [0.15, 0.2) is 44.5 Å². The Balaban J connectivity index is 2.31. The Hall–Kier alpha value is -2.15. The van der Waals surface area contributed by atoms with Gasteiger partial charge in [0.2, 0.25) is 0 Å². The maximum absolute atomic E-state index is 12.2. The van der Waals surface area contributed by atoms with Crippen molar-refractivity contribution >= 4 is 27.1 Å². The van der Waals surface area contributed by atoms with Crippen LogP contribution in [0.3, 0.4) is 0 Å². The van der Waals surface area contributed by atoms with E-state index in [-0.39, 0.29) is 40.1 Å². The molecule has 102 valence electrons. The molecule has 20 heavy (non-hydrogen) atoms. The standard InChI is InChI=1S/C13H11BrN4O2/c1-17-10-9(11(19)16-13(17)20)18(12(14)15-10)7-8-5-3-2-4-6-8/h2-6H,7H2,1H3,(H,16,19,20)/i2D,3D,4D,5D,6D. The summed E-state index contributed by atoms with van der Waals surface area (Å²) in [5.74, 6) is 0. The van der Waals surface area contributed by atoms with E-state index in [9.17, 15) is 9.59 Å². The van der Waals surface area contributed by atoms with E-state index in [4.69, 9.17) is 6.85 Å². The summed E-state index contributed by atoms with van der Waals surface area (Å²) in [6.45, 7) is -0.186. The van der Waals surface area contributed by atoms with Crippen molar-refractivity contribution in [2.45, 2.75) is 6.54 Å². The molecule has 6 nitrogen and oxygen atoms in total. The highest BCUT2D eigenvalue weighted by atomic mass is 79.9. The third-order valence-corrected chi connectivity index (χ3v) is 3.43. The molecule has 0 saturated carbocycles. The normalized spacial score (nSPS) is 14.6. The van der Waals surface area contributed by atoms with Crippen LogP contribution in [0.2, 0.25) is 0 Å². The number of hydrogen-bond acceptors (Lipinski definition) is 3. The maximum Gasteiger partial charge on any atom is 0.329 e. The second kappa shape index (κ2) is 4.75. The Kier molecular flexibility index (Phi) is 1.95. The molecule has 0 bridgehead atoms. The van der Waals surface area contributed by atoms with Crippen molar-refractivity contribution in [3.05, 3.63) is 61.3 Å². The predicted molar refractivity (Wildman–Crippen MR) is 78.8 cm³/mol. The predicted octanol–water partition coefficient (Wildman–Crippen LogP) is 1.23. The lowest BCUT2D eigenvalue weighted by atomic mass is 10.2. The molecule has 3 rings (SSSR count). The van der Waals surface area contributed by atoms with Gasteiger partial charge in [-0.15, -0.1) is 0 Å². The summed E-state index contributed by atoms with van der Waals surface area (Å²) < 4.78 is 41.7. The zero-order valence-electron chi connectivity index (χ0n) is 15.2. The quantitative estimate of drug-likeness (QED) is 0.714. The molecule has 0 aliphatic rings. The van der Waals surface area contributed by atoms with Crippen molar-refractivity contribution in [2.75, 3.05) is 0 Å². The number of halogens is 1. The minimum absolute atomic E-state index is 0.0132. The smallest absolute Gasteiger partial charge is 0.308 e. The number of aromatic amines is 1. The van der Waals surface area contributed by atoms with E-state index in [0.717, 1.165) is 4.57 Å². The molecular weight excluding hydrogens is 324 g/mol. The lowest BCUT2D eigenvalue weighted by Gasteiger charge is -2.05. The van der Waals surface area contributed by atoms with Crippen molar-refractivity contribution in [2.24, 2.45) is 7.05 Å². The van der Waals surface area contributed by atoms with E-state index in [1.54, 1.807) is 0 Å². The summed E-state index contributed by atoms with van der Waals surface area (Å²) in [5.41, 5.74) is -1.12. The van der Waals surface area contributed by atoms with E-state index >= 15 is 0 Å². The van der Waals surface area contributed by atoms with Gasteiger partial charge in [-0.05, 0) is 21.5 Å². The van der Waals surface area contributed by atoms with Crippen LogP contribution in [0.4, 0.5) is 0 Å². The van der Waals surface area contributed by atoms with Gasteiger partial charge in [0, 0.05) is 7.05 Å². The molecule has 1 aromatic carbocycles. The van der Waals surface area contributed by atoms with Crippen LogP contribution in [0.5, 0.6) is 0 Å². The largest absolute Gasteiger partial charge is 0.329 e. The third-order valence-electron chi connectivity index (χ3n) is 2.83. The molecule has 0 aliphatic heterocycles. The van der Waals surface area contributed by atoms with Gasteiger partial charge in [0.25, 0.3) is 5.56 Å². The maximum atomic E-state index is 12.2. The highest BCUT2D eigenvalue weighted by Gasteiger charge is 2.15. The number of imidazole rings is 1. The fourth-order valence-electron chi connectivity index (χ4n) is 1.87. The lowest BCUT2D eigenvalue weighted by Crippen LogP contribution is -2.29. The molecule has 0 fully saturated rings. The second-order valence-electron chi connectivity index (χ2n) is 4.06. The van der Waals surface area contributed by atoms with Gasteiger partial charge in [0.1, 0.15) is 0 Å². The van der Waals surface area contributed by atoms with E-state index in [2.05, 4.69) is 25.9 Å². The summed E-state index contributed by atoms with van der Waals surface area (Å²) >= 11 is 3.19. The number of hydrogen-bond donors (Lipinski definition) is 1. The van der Waals surface area contributed by atoms with Crippen LogP contribution >= 0.6 is 15.9 Å². The first-order valence-electron chi connectivity index (χ1n) is 8.06. The van der Waals surface area contributed by atoms with Crippen molar-refractivity contribution in [1.82, 2.24) is 19.1 Å². The van der Waals surface area contributed by atoms with E-state index in [1.165, 1.54) is 11.6 Å². The molecule has 7 heteroatoms. The molecule has 0 radical (unpaired) electrons. The number of rotatable bonds is 2. The van der Waals surface area contributed by atoms with Gasteiger partial charge < -0.3 is 4.57 Å². The summed E-state index contributed by atoms with van der Waals surface area (Å²) in [6, 6.07) is -2.13. The fourth-order valence-corrected chi connectivity index (χ4v) is 2.34. The highest BCUT2D eigenvalue weighted by molar-refractivity contribution is 9.10. The Morgan fingerprint density at radius 1 is 1.35 bits per heavy atom. The molecule has 0 spiro atoms. The Morgan fingerprint density at radius 2 is 2.05 bits per heavy atom. The van der Waals surface area contributed by atoms with Gasteiger partial charge in [-0.3, -0.25) is 14.3 Å². The topological polar surface area (TPSA) is 72.7 Å². The summed E-state index contributed by atoms with van der Waals surface area (Å²) in [7, 11) is 1.44. The molecule has 3 aromatic rings. The molecule has 0 aliphatic carbocycles. The van der Waals surface area contributed by atoms with Gasteiger partial charge in [-0.25, -0.2) is 9.78 Å². The SMILES string of the molecule is [2H]c1c([2H])c([2H])c(Cn2c(Br)nc3c2c(=O)[nH]c(=O)n3C)c([2H])c1[2H]. The minimum atomic E-state index is -0.677. The first kappa shape index (κ1) is 8.21. The number of H-pyrrole nitrogens is 1. The third kappa shape index (κ3) is 2.00. The van der Waals surface area contributed by atoms with Crippen LogP contribution < -0.4 is 11.2 Å². The molecule has 0 saturated heterocycles. The molecule has 0 atom stereocenters.